The number of benzene rings is 1. The summed E-state index contributed by atoms with van der Waals surface area (Å²) in [5, 5.41) is 13.5. The Morgan fingerprint density at radius 3 is 2.53 bits per heavy atom. The van der Waals surface area contributed by atoms with Gasteiger partial charge in [0.2, 0.25) is 0 Å². The zero-order valence-corrected chi connectivity index (χ0v) is 9.59. The molecule has 1 fully saturated rings. The van der Waals surface area contributed by atoms with E-state index in [1.807, 2.05) is 18.2 Å². The van der Waals surface area contributed by atoms with Crippen LogP contribution in [0.1, 0.15) is 12.8 Å². The van der Waals surface area contributed by atoms with Crippen molar-refractivity contribution < 1.29 is 5.11 Å². The minimum absolute atomic E-state index is 0.467. The van der Waals surface area contributed by atoms with Gasteiger partial charge in [0.1, 0.15) is 0 Å². The van der Waals surface area contributed by atoms with E-state index in [2.05, 4.69) is 17.4 Å². The van der Waals surface area contributed by atoms with Crippen molar-refractivity contribution in [2.75, 3.05) is 18.8 Å². The fourth-order valence-corrected chi connectivity index (χ4v) is 2.84. The van der Waals surface area contributed by atoms with Gasteiger partial charge in [0, 0.05) is 10.6 Å². The summed E-state index contributed by atoms with van der Waals surface area (Å²) in [5.41, 5.74) is -0.467. The highest BCUT2D eigenvalue weighted by molar-refractivity contribution is 7.99. The minimum atomic E-state index is -0.467. The van der Waals surface area contributed by atoms with Gasteiger partial charge in [0.05, 0.1) is 5.60 Å². The number of thioether (sulfide) groups is 1. The summed E-state index contributed by atoms with van der Waals surface area (Å²) in [6.07, 6.45) is 1.74. The summed E-state index contributed by atoms with van der Waals surface area (Å²) in [6, 6.07) is 10.3. The Labute approximate surface area is 95.1 Å². The smallest absolute Gasteiger partial charge is 0.0765 e. The Kier molecular flexibility index (Phi) is 3.67. The van der Waals surface area contributed by atoms with Crippen LogP contribution in [0.25, 0.3) is 0 Å². The lowest BCUT2D eigenvalue weighted by Gasteiger charge is -2.32. The van der Waals surface area contributed by atoms with Crippen molar-refractivity contribution in [3.8, 4) is 0 Å². The van der Waals surface area contributed by atoms with Crippen molar-refractivity contribution in [2.24, 2.45) is 0 Å². The summed E-state index contributed by atoms with van der Waals surface area (Å²) in [7, 11) is 0. The number of nitrogens with one attached hydrogen (secondary N) is 1. The fraction of sp³-hybridized carbons (Fsp3) is 0.500. The molecule has 1 aliphatic rings. The van der Waals surface area contributed by atoms with E-state index in [0.717, 1.165) is 31.7 Å². The van der Waals surface area contributed by atoms with Crippen LogP contribution in [0.4, 0.5) is 0 Å². The van der Waals surface area contributed by atoms with Crippen molar-refractivity contribution in [2.45, 2.75) is 23.3 Å². The molecule has 0 atom stereocenters. The predicted octanol–water partition coefficient (Wildman–Crippen LogP) is 1.89. The molecule has 2 N–H and O–H groups in total. The van der Waals surface area contributed by atoms with E-state index in [1.165, 1.54) is 4.90 Å². The molecule has 1 aliphatic heterocycles. The van der Waals surface area contributed by atoms with E-state index in [9.17, 15) is 5.11 Å². The van der Waals surface area contributed by atoms with Gasteiger partial charge in [-0.3, -0.25) is 0 Å². The Morgan fingerprint density at radius 1 is 1.20 bits per heavy atom. The average molecular weight is 223 g/mol. The third kappa shape index (κ3) is 3.23. The molecule has 0 aromatic heterocycles. The van der Waals surface area contributed by atoms with Crippen LogP contribution >= 0.6 is 11.8 Å². The molecule has 2 rings (SSSR count). The maximum Gasteiger partial charge on any atom is 0.0765 e. The second-order valence-electron chi connectivity index (χ2n) is 4.08. The van der Waals surface area contributed by atoms with Crippen molar-refractivity contribution in [1.29, 1.82) is 0 Å². The van der Waals surface area contributed by atoms with Gasteiger partial charge in [-0.1, -0.05) is 18.2 Å². The van der Waals surface area contributed by atoms with Crippen molar-refractivity contribution in [1.82, 2.24) is 5.32 Å². The molecular weight excluding hydrogens is 206 g/mol. The van der Waals surface area contributed by atoms with E-state index in [-0.39, 0.29) is 0 Å². The van der Waals surface area contributed by atoms with Crippen molar-refractivity contribution in [3.63, 3.8) is 0 Å². The van der Waals surface area contributed by atoms with Crippen LogP contribution in [0.15, 0.2) is 35.2 Å². The molecule has 3 heteroatoms. The molecule has 0 saturated carbocycles. The van der Waals surface area contributed by atoms with E-state index >= 15 is 0 Å². The second kappa shape index (κ2) is 5.01. The Morgan fingerprint density at radius 2 is 1.87 bits per heavy atom. The van der Waals surface area contributed by atoms with E-state index in [1.54, 1.807) is 11.8 Å². The van der Waals surface area contributed by atoms with Gasteiger partial charge in [0.15, 0.2) is 0 Å². The fourth-order valence-electron chi connectivity index (χ4n) is 1.77. The first-order valence-corrected chi connectivity index (χ1v) is 6.38. The molecular formula is C12H17NOS. The zero-order valence-electron chi connectivity index (χ0n) is 8.78. The summed E-state index contributed by atoms with van der Waals surface area (Å²) >= 11 is 1.75. The molecule has 0 bridgehead atoms. The quantitative estimate of drug-likeness (QED) is 0.768. The van der Waals surface area contributed by atoms with Gasteiger partial charge in [-0.15, -0.1) is 11.8 Å². The van der Waals surface area contributed by atoms with Crippen molar-refractivity contribution >= 4 is 11.8 Å². The first-order chi connectivity index (χ1) is 7.29. The molecule has 0 aliphatic carbocycles. The SMILES string of the molecule is OC1(CSc2ccccc2)CCNCC1. The molecule has 0 unspecified atom stereocenters. The lowest BCUT2D eigenvalue weighted by Crippen LogP contribution is -2.43. The highest BCUT2D eigenvalue weighted by Gasteiger charge is 2.28. The van der Waals surface area contributed by atoms with Gasteiger partial charge in [0.25, 0.3) is 0 Å². The molecule has 82 valence electrons. The number of aliphatic hydroxyl groups is 1. The topological polar surface area (TPSA) is 32.3 Å². The average Bonchev–Trinajstić information content (AvgIpc) is 2.29. The van der Waals surface area contributed by atoms with Gasteiger partial charge < -0.3 is 10.4 Å². The van der Waals surface area contributed by atoms with Crippen LogP contribution in [0.2, 0.25) is 0 Å². The monoisotopic (exact) mass is 223 g/mol. The Bertz CT molecular complexity index is 296. The molecule has 0 amide bonds. The third-order valence-corrected chi connectivity index (χ3v) is 4.07. The molecule has 2 nitrogen and oxygen atoms in total. The van der Waals surface area contributed by atoms with Crippen LogP contribution < -0.4 is 5.32 Å². The predicted molar refractivity (Wildman–Crippen MR) is 64.2 cm³/mol. The second-order valence-corrected chi connectivity index (χ2v) is 5.12. The zero-order chi connectivity index (χ0) is 10.6. The highest BCUT2D eigenvalue weighted by Crippen LogP contribution is 2.27. The Hall–Kier alpha value is -0.510. The van der Waals surface area contributed by atoms with Crippen LogP contribution in [-0.2, 0) is 0 Å². The van der Waals surface area contributed by atoms with E-state index in [0.29, 0.717) is 0 Å². The lowest BCUT2D eigenvalue weighted by atomic mass is 9.95. The summed E-state index contributed by atoms with van der Waals surface area (Å²) in [6.45, 7) is 1.87. The number of rotatable bonds is 3. The summed E-state index contributed by atoms with van der Waals surface area (Å²) in [5.74, 6) is 0.804. The highest BCUT2D eigenvalue weighted by atomic mass is 32.2. The van der Waals surface area contributed by atoms with Gasteiger partial charge >= 0.3 is 0 Å². The standard InChI is InChI=1S/C12H17NOS/c14-12(6-8-13-9-7-12)10-15-11-4-2-1-3-5-11/h1-5,13-14H,6-10H2. The Balaban J connectivity index is 1.87. The molecule has 1 aromatic carbocycles. The lowest BCUT2D eigenvalue weighted by molar-refractivity contribution is 0.0339. The van der Waals surface area contributed by atoms with Crippen LogP contribution in [0.3, 0.4) is 0 Å². The van der Waals surface area contributed by atoms with E-state index in [4.69, 9.17) is 0 Å². The van der Waals surface area contributed by atoms with Crippen LogP contribution in [-0.4, -0.2) is 29.5 Å². The van der Waals surface area contributed by atoms with Crippen LogP contribution in [0.5, 0.6) is 0 Å². The molecule has 15 heavy (non-hydrogen) atoms. The normalized spacial score (nSPS) is 20.1. The molecule has 0 spiro atoms. The number of piperidine rings is 1. The first-order valence-electron chi connectivity index (χ1n) is 5.39. The number of hydrogen-bond acceptors (Lipinski definition) is 3. The molecule has 1 heterocycles. The largest absolute Gasteiger partial charge is 0.389 e. The van der Waals surface area contributed by atoms with Gasteiger partial charge in [-0.25, -0.2) is 0 Å². The maximum absolute atomic E-state index is 10.3. The summed E-state index contributed by atoms with van der Waals surface area (Å²) < 4.78 is 0. The molecule has 1 aromatic rings. The number of hydrogen-bond donors (Lipinski definition) is 2. The van der Waals surface area contributed by atoms with Gasteiger partial charge in [-0.05, 0) is 38.1 Å². The van der Waals surface area contributed by atoms with Crippen molar-refractivity contribution in [3.05, 3.63) is 30.3 Å². The van der Waals surface area contributed by atoms with E-state index < -0.39 is 5.60 Å². The maximum atomic E-state index is 10.3. The minimum Gasteiger partial charge on any atom is -0.389 e. The van der Waals surface area contributed by atoms with Gasteiger partial charge in [-0.2, -0.15) is 0 Å². The van der Waals surface area contributed by atoms with Crippen LogP contribution in [0, 0.1) is 0 Å². The summed E-state index contributed by atoms with van der Waals surface area (Å²) in [4.78, 5) is 1.24. The molecule has 1 saturated heterocycles. The first kappa shape index (κ1) is 11.0. The third-order valence-electron chi connectivity index (χ3n) is 2.78. The molecule has 0 radical (unpaired) electrons.